The number of hydrogen-bond acceptors (Lipinski definition) is 15. The third kappa shape index (κ3) is 11.3. The van der Waals surface area contributed by atoms with Crippen LogP contribution < -0.4 is 0 Å². The Morgan fingerprint density at radius 2 is 1.36 bits per heavy atom. The lowest BCUT2D eigenvalue weighted by Crippen LogP contribution is -2.66. The molecular formula is C36H53N3O14. The number of aliphatic hydroxyl groups is 1. The number of methoxy groups -OCH3 is 2. The standard InChI is InChI=1S/C36H53N3O14/c1-34(2,3)31(42)48-18-20-23(24(21(38-39-37)29(46-11)49-20)47-17-19-15-13-12-14-16-19)50-30-22(40)25(52-32(43)35(4,5)6)26(27(51-30)28(41)45-10)53-33(44)36(7,8)9/h12-16,20-27,29-30,40H,17-18H2,1-11H3/t20-,21-,22-,23-,24-,25-,26+,27-,29+,30-/m1/s1. The van der Waals surface area contributed by atoms with Gasteiger partial charge in [0.25, 0.3) is 0 Å². The van der Waals surface area contributed by atoms with Crippen LogP contribution in [0.2, 0.25) is 0 Å². The van der Waals surface area contributed by atoms with Crippen LogP contribution in [-0.4, -0.2) is 111 Å². The molecule has 1 N–H and O–H groups in total. The molecule has 0 bridgehead atoms. The predicted octanol–water partition coefficient (Wildman–Crippen LogP) is 3.77. The third-order valence-corrected chi connectivity index (χ3v) is 8.26. The van der Waals surface area contributed by atoms with Gasteiger partial charge in [-0.1, -0.05) is 35.4 Å². The highest BCUT2D eigenvalue weighted by Crippen LogP contribution is 2.36. The number of azide groups is 1. The van der Waals surface area contributed by atoms with Gasteiger partial charge in [0.1, 0.15) is 37.1 Å². The van der Waals surface area contributed by atoms with Crippen molar-refractivity contribution >= 4 is 23.9 Å². The van der Waals surface area contributed by atoms with Crippen molar-refractivity contribution in [2.45, 2.75) is 130 Å². The van der Waals surface area contributed by atoms with E-state index in [0.29, 0.717) is 0 Å². The summed E-state index contributed by atoms with van der Waals surface area (Å²) in [6.45, 7) is 14.0. The molecule has 0 aromatic heterocycles. The summed E-state index contributed by atoms with van der Waals surface area (Å²) in [5, 5.41) is 15.7. The molecule has 2 heterocycles. The first-order valence-corrected chi connectivity index (χ1v) is 17.2. The van der Waals surface area contributed by atoms with Crippen LogP contribution in [0.5, 0.6) is 0 Å². The van der Waals surface area contributed by atoms with E-state index in [-0.39, 0.29) is 6.61 Å². The maximum absolute atomic E-state index is 13.3. The van der Waals surface area contributed by atoms with Gasteiger partial charge < -0.3 is 47.7 Å². The summed E-state index contributed by atoms with van der Waals surface area (Å²) in [6.07, 6.45) is -13.9. The molecule has 296 valence electrons. The largest absolute Gasteiger partial charge is 0.467 e. The van der Waals surface area contributed by atoms with Gasteiger partial charge in [-0.3, -0.25) is 14.4 Å². The zero-order valence-electron chi connectivity index (χ0n) is 32.2. The highest BCUT2D eigenvalue weighted by atomic mass is 16.8. The summed E-state index contributed by atoms with van der Waals surface area (Å²) in [7, 11) is 2.39. The number of hydrogen-bond donors (Lipinski definition) is 1. The number of esters is 4. The molecule has 17 nitrogen and oxygen atoms in total. The number of rotatable bonds is 12. The lowest BCUT2D eigenvalue weighted by molar-refractivity contribution is -0.346. The molecule has 10 atom stereocenters. The van der Waals surface area contributed by atoms with Gasteiger partial charge in [-0.05, 0) is 73.4 Å². The summed E-state index contributed by atoms with van der Waals surface area (Å²) in [6, 6.07) is 7.82. The van der Waals surface area contributed by atoms with Crippen LogP contribution in [-0.2, 0) is 68.4 Å². The molecule has 0 spiro atoms. The molecule has 2 fully saturated rings. The first kappa shape index (κ1) is 43.6. The Morgan fingerprint density at radius 3 is 1.87 bits per heavy atom. The molecule has 3 rings (SSSR count). The Bertz CT molecular complexity index is 1460. The average Bonchev–Trinajstić information content (AvgIpc) is 3.08. The van der Waals surface area contributed by atoms with E-state index >= 15 is 0 Å². The predicted molar refractivity (Wildman–Crippen MR) is 184 cm³/mol. The summed E-state index contributed by atoms with van der Waals surface area (Å²) in [5.41, 5.74) is 7.22. The minimum Gasteiger partial charge on any atom is -0.467 e. The molecule has 53 heavy (non-hydrogen) atoms. The smallest absolute Gasteiger partial charge is 0.339 e. The maximum atomic E-state index is 13.3. The first-order chi connectivity index (χ1) is 24.6. The van der Waals surface area contributed by atoms with Crippen molar-refractivity contribution in [3.8, 4) is 0 Å². The Labute approximate surface area is 309 Å². The van der Waals surface area contributed by atoms with Crippen molar-refractivity contribution in [3.05, 3.63) is 46.3 Å². The number of nitrogens with zero attached hydrogens (tertiary/aromatic N) is 3. The lowest BCUT2D eigenvalue weighted by Gasteiger charge is -2.48. The van der Waals surface area contributed by atoms with E-state index in [4.69, 9.17) is 42.6 Å². The van der Waals surface area contributed by atoms with Crippen LogP contribution in [0, 0.1) is 16.2 Å². The Kier molecular flexibility index (Phi) is 14.8. The number of carbonyl (C=O) groups excluding carboxylic acids is 4. The van der Waals surface area contributed by atoms with Gasteiger partial charge in [-0.2, -0.15) is 0 Å². The molecule has 0 unspecified atom stereocenters. The van der Waals surface area contributed by atoms with Crippen LogP contribution in [0.15, 0.2) is 35.4 Å². The fourth-order valence-electron chi connectivity index (χ4n) is 5.16. The molecule has 0 aliphatic carbocycles. The van der Waals surface area contributed by atoms with E-state index in [1.807, 2.05) is 6.07 Å². The number of ether oxygens (including phenoxy) is 9. The molecular weight excluding hydrogens is 698 g/mol. The molecule has 0 radical (unpaired) electrons. The van der Waals surface area contributed by atoms with Gasteiger partial charge in [0, 0.05) is 12.0 Å². The topological polar surface area (TPSA) is 220 Å². The van der Waals surface area contributed by atoms with Crippen LogP contribution in [0.1, 0.15) is 67.9 Å². The fourth-order valence-corrected chi connectivity index (χ4v) is 5.16. The minimum absolute atomic E-state index is 0.0245. The second-order valence-corrected chi connectivity index (χ2v) is 15.9. The number of carbonyl (C=O) groups is 4. The SMILES string of the molecule is COC(=O)[C@@H]1O[C@@H](O[C@H]2[C@H](OCc3ccccc3)[C@@H](N=[N+]=[N-])[C@@H](OC)O[C@@H]2COC(=O)C(C)(C)C)[C@H](O)[C@@H](OC(=O)C(C)(C)C)[C@@H]1OC(=O)C(C)(C)C. The highest BCUT2D eigenvalue weighted by molar-refractivity contribution is 5.79. The number of aliphatic hydroxyl groups excluding tert-OH is 1. The maximum Gasteiger partial charge on any atom is 0.339 e. The summed E-state index contributed by atoms with van der Waals surface area (Å²) in [5.74, 6) is -3.20. The summed E-state index contributed by atoms with van der Waals surface area (Å²) < 4.78 is 52.4. The van der Waals surface area contributed by atoms with E-state index in [1.165, 1.54) is 7.11 Å². The van der Waals surface area contributed by atoms with E-state index in [9.17, 15) is 29.8 Å². The monoisotopic (exact) mass is 751 g/mol. The zero-order chi connectivity index (χ0) is 39.9. The van der Waals surface area contributed by atoms with Gasteiger partial charge in [-0.25, -0.2) is 4.79 Å². The quantitative estimate of drug-likeness (QED) is 0.106. The van der Waals surface area contributed by atoms with Gasteiger partial charge >= 0.3 is 23.9 Å². The van der Waals surface area contributed by atoms with Gasteiger partial charge in [0.05, 0.1) is 30.0 Å². The zero-order valence-corrected chi connectivity index (χ0v) is 32.2. The van der Waals surface area contributed by atoms with Gasteiger partial charge in [0.15, 0.2) is 30.9 Å². The van der Waals surface area contributed by atoms with Gasteiger partial charge in [-0.15, -0.1) is 0 Å². The third-order valence-electron chi connectivity index (χ3n) is 8.26. The minimum atomic E-state index is -1.91. The van der Waals surface area contributed by atoms with Crippen molar-refractivity contribution < 1.29 is 66.9 Å². The Balaban J connectivity index is 2.15. The molecule has 2 aliphatic heterocycles. The van der Waals surface area contributed by atoms with E-state index < -0.39 is 108 Å². The molecule has 2 saturated heterocycles. The first-order valence-electron chi connectivity index (χ1n) is 17.2. The van der Waals surface area contributed by atoms with E-state index in [0.717, 1.165) is 12.7 Å². The molecule has 0 amide bonds. The number of benzene rings is 1. The fraction of sp³-hybridized carbons (Fsp3) is 0.722. The second kappa shape index (κ2) is 18.0. The molecule has 17 heteroatoms. The van der Waals surface area contributed by atoms with Crippen molar-refractivity contribution in [3.63, 3.8) is 0 Å². The Morgan fingerprint density at radius 1 is 0.792 bits per heavy atom. The van der Waals surface area contributed by atoms with Crippen molar-refractivity contribution in [2.24, 2.45) is 21.4 Å². The molecule has 1 aromatic carbocycles. The summed E-state index contributed by atoms with van der Waals surface area (Å²) in [4.78, 5) is 55.5. The van der Waals surface area contributed by atoms with Crippen molar-refractivity contribution in [1.82, 2.24) is 0 Å². The second-order valence-electron chi connectivity index (χ2n) is 15.9. The van der Waals surface area contributed by atoms with Gasteiger partial charge in [0.2, 0.25) is 0 Å². The van der Waals surface area contributed by atoms with Crippen molar-refractivity contribution in [2.75, 3.05) is 20.8 Å². The molecule has 0 saturated carbocycles. The van der Waals surface area contributed by atoms with E-state index in [1.54, 1.807) is 86.6 Å². The Hall–Kier alpha value is -3.83. The summed E-state index contributed by atoms with van der Waals surface area (Å²) >= 11 is 0. The van der Waals surface area contributed by atoms with Crippen LogP contribution in [0.3, 0.4) is 0 Å². The van der Waals surface area contributed by atoms with E-state index in [2.05, 4.69) is 10.0 Å². The lowest BCUT2D eigenvalue weighted by atomic mass is 9.93. The average molecular weight is 752 g/mol. The molecule has 2 aliphatic rings. The van der Waals surface area contributed by atoms with Crippen LogP contribution in [0.25, 0.3) is 10.4 Å². The van der Waals surface area contributed by atoms with Crippen LogP contribution >= 0.6 is 0 Å². The highest BCUT2D eigenvalue weighted by Gasteiger charge is 2.57. The van der Waals surface area contributed by atoms with Crippen molar-refractivity contribution in [1.29, 1.82) is 0 Å². The normalized spacial score (nSPS) is 29.3. The molecule has 1 aromatic rings. The van der Waals surface area contributed by atoms with Crippen LogP contribution in [0.4, 0.5) is 0 Å².